The van der Waals surface area contributed by atoms with Crippen LogP contribution in [-0.4, -0.2) is 5.78 Å². The Morgan fingerprint density at radius 1 is 1.08 bits per heavy atom. The van der Waals surface area contributed by atoms with E-state index in [-0.39, 0.29) is 5.78 Å². The number of carbonyl (C=O) groups is 1. The molecule has 0 bridgehead atoms. The summed E-state index contributed by atoms with van der Waals surface area (Å²) in [5.74, 6) is 0.728. The molecule has 0 amide bonds. The minimum absolute atomic E-state index is 0.0416. The Hall–Kier alpha value is -1.83. The number of hydrogen-bond acceptors (Lipinski definition) is 2. The zero-order chi connectivity index (χ0) is 8.84. The fourth-order valence-corrected chi connectivity index (χ4v) is 1.67. The number of benzene rings is 1. The fourth-order valence-electron chi connectivity index (χ4n) is 1.67. The molecule has 2 nitrogen and oxygen atoms in total. The van der Waals surface area contributed by atoms with Crippen LogP contribution in [0.5, 0.6) is 0 Å². The third-order valence-electron chi connectivity index (χ3n) is 2.26. The van der Waals surface area contributed by atoms with Crippen molar-refractivity contribution in [3.63, 3.8) is 0 Å². The standard InChI is InChI=1S/C11H6O2/c12-8-5-6-10-11(8)7-3-1-2-4-9(7)13-10/h1-6H. The van der Waals surface area contributed by atoms with Crippen molar-refractivity contribution in [2.45, 2.75) is 0 Å². The van der Waals surface area contributed by atoms with E-state index < -0.39 is 0 Å². The van der Waals surface area contributed by atoms with Crippen LogP contribution < -0.4 is 0 Å². The largest absolute Gasteiger partial charge is 0.456 e. The highest BCUT2D eigenvalue weighted by atomic mass is 16.3. The average Bonchev–Trinajstić information content (AvgIpc) is 2.66. The van der Waals surface area contributed by atoms with Gasteiger partial charge in [0.25, 0.3) is 0 Å². The molecule has 0 fully saturated rings. The Morgan fingerprint density at radius 2 is 1.92 bits per heavy atom. The fraction of sp³-hybridized carbons (Fsp3) is 0. The summed E-state index contributed by atoms with van der Waals surface area (Å²) in [7, 11) is 0. The molecule has 0 aliphatic heterocycles. The lowest BCUT2D eigenvalue weighted by molar-refractivity contribution is 0.105. The summed E-state index contributed by atoms with van der Waals surface area (Å²) in [4.78, 5) is 11.4. The Labute approximate surface area is 74.5 Å². The van der Waals surface area contributed by atoms with Gasteiger partial charge in [-0.15, -0.1) is 0 Å². The summed E-state index contributed by atoms with van der Waals surface area (Å²) in [6.45, 7) is 0. The normalized spacial score (nSPS) is 14.0. The van der Waals surface area contributed by atoms with Crippen LogP contribution in [0.4, 0.5) is 0 Å². The van der Waals surface area contributed by atoms with E-state index in [1.165, 1.54) is 0 Å². The molecule has 1 aromatic carbocycles. The maximum Gasteiger partial charge on any atom is 0.190 e. The second kappa shape index (κ2) is 2.10. The van der Waals surface area contributed by atoms with Crippen LogP contribution in [-0.2, 0) is 0 Å². The van der Waals surface area contributed by atoms with E-state index in [1.807, 2.05) is 24.3 Å². The summed E-state index contributed by atoms with van der Waals surface area (Å²) < 4.78 is 5.47. The summed E-state index contributed by atoms with van der Waals surface area (Å²) in [6, 6.07) is 7.58. The summed E-state index contributed by atoms with van der Waals surface area (Å²) in [5.41, 5.74) is 1.49. The highest BCUT2D eigenvalue weighted by Crippen LogP contribution is 2.30. The number of furan rings is 1. The van der Waals surface area contributed by atoms with Crippen molar-refractivity contribution in [3.8, 4) is 0 Å². The average molecular weight is 170 g/mol. The maximum absolute atomic E-state index is 11.4. The molecule has 13 heavy (non-hydrogen) atoms. The van der Waals surface area contributed by atoms with Crippen molar-refractivity contribution in [2.24, 2.45) is 0 Å². The lowest BCUT2D eigenvalue weighted by Gasteiger charge is -1.87. The Bertz CT molecular complexity index is 532. The molecule has 3 rings (SSSR count). The van der Waals surface area contributed by atoms with E-state index in [0.717, 1.165) is 11.0 Å². The molecule has 0 atom stereocenters. The minimum Gasteiger partial charge on any atom is -0.456 e. The highest BCUT2D eigenvalue weighted by Gasteiger charge is 2.21. The molecule has 2 aromatic rings. The van der Waals surface area contributed by atoms with Gasteiger partial charge in [-0.05, 0) is 18.2 Å². The number of para-hydroxylation sites is 1. The van der Waals surface area contributed by atoms with E-state index in [9.17, 15) is 4.79 Å². The van der Waals surface area contributed by atoms with Gasteiger partial charge in [0.05, 0.1) is 5.56 Å². The van der Waals surface area contributed by atoms with E-state index >= 15 is 0 Å². The second-order valence-electron chi connectivity index (χ2n) is 3.04. The van der Waals surface area contributed by atoms with Gasteiger partial charge in [-0.25, -0.2) is 0 Å². The lowest BCUT2D eigenvalue weighted by atomic mass is 10.1. The molecule has 1 heterocycles. The second-order valence-corrected chi connectivity index (χ2v) is 3.04. The Balaban J connectivity index is 2.51. The molecule has 0 N–H and O–H groups in total. The number of rotatable bonds is 0. The van der Waals surface area contributed by atoms with Gasteiger partial charge in [-0.2, -0.15) is 0 Å². The van der Waals surface area contributed by atoms with Gasteiger partial charge in [0.15, 0.2) is 5.78 Å². The van der Waals surface area contributed by atoms with Crippen LogP contribution in [0, 0.1) is 0 Å². The quantitative estimate of drug-likeness (QED) is 0.608. The molecule has 62 valence electrons. The van der Waals surface area contributed by atoms with E-state index in [4.69, 9.17) is 4.42 Å². The zero-order valence-electron chi connectivity index (χ0n) is 6.78. The first-order valence-corrected chi connectivity index (χ1v) is 4.10. The van der Waals surface area contributed by atoms with Gasteiger partial charge in [-0.1, -0.05) is 18.2 Å². The van der Waals surface area contributed by atoms with Crippen molar-refractivity contribution < 1.29 is 9.21 Å². The van der Waals surface area contributed by atoms with Gasteiger partial charge in [0.2, 0.25) is 0 Å². The number of allylic oxidation sites excluding steroid dienone is 1. The van der Waals surface area contributed by atoms with Crippen molar-refractivity contribution >= 4 is 22.8 Å². The third-order valence-corrected chi connectivity index (χ3v) is 2.26. The monoisotopic (exact) mass is 170 g/mol. The van der Waals surface area contributed by atoms with Crippen LogP contribution in [0.25, 0.3) is 17.0 Å². The van der Waals surface area contributed by atoms with E-state index in [1.54, 1.807) is 12.2 Å². The number of hydrogen-bond donors (Lipinski definition) is 0. The number of fused-ring (bicyclic) bond motifs is 3. The van der Waals surface area contributed by atoms with Crippen LogP contribution in [0.15, 0.2) is 34.8 Å². The Morgan fingerprint density at radius 3 is 2.85 bits per heavy atom. The molecule has 0 radical (unpaired) electrons. The van der Waals surface area contributed by atoms with Crippen molar-refractivity contribution in [1.29, 1.82) is 0 Å². The van der Waals surface area contributed by atoms with Gasteiger partial charge >= 0.3 is 0 Å². The van der Waals surface area contributed by atoms with Crippen LogP contribution in [0.2, 0.25) is 0 Å². The molecule has 1 aromatic heterocycles. The number of carbonyl (C=O) groups excluding carboxylic acids is 1. The van der Waals surface area contributed by atoms with E-state index in [0.29, 0.717) is 11.3 Å². The molecule has 1 aliphatic rings. The maximum atomic E-state index is 11.4. The first-order chi connectivity index (χ1) is 6.36. The predicted octanol–water partition coefficient (Wildman–Crippen LogP) is 2.64. The van der Waals surface area contributed by atoms with Crippen molar-refractivity contribution in [2.75, 3.05) is 0 Å². The number of ketones is 1. The minimum atomic E-state index is 0.0416. The molecule has 1 aliphatic carbocycles. The van der Waals surface area contributed by atoms with Gasteiger partial charge in [0.1, 0.15) is 11.3 Å². The molecule has 0 saturated carbocycles. The molecule has 0 spiro atoms. The van der Waals surface area contributed by atoms with E-state index in [2.05, 4.69) is 0 Å². The first-order valence-electron chi connectivity index (χ1n) is 4.10. The smallest absolute Gasteiger partial charge is 0.190 e. The summed E-state index contributed by atoms with van der Waals surface area (Å²) in [5, 5.41) is 0.910. The van der Waals surface area contributed by atoms with Crippen molar-refractivity contribution in [1.82, 2.24) is 0 Å². The molecule has 0 unspecified atom stereocenters. The van der Waals surface area contributed by atoms with Gasteiger partial charge in [0, 0.05) is 5.39 Å². The highest BCUT2D eigenvalue weighted by molar-refractivity contribution is 6.20. The lowest BCUT2D eigenvalue weighted by Crippen LogP contribution is -1.87. The first kappa shape index (κ1) is 6.66. The molecule has 2 heteroatoms. The summed E-state index contributed by atoms with van der Waals surface area (Å²) in [6.07, 6.45) is 3.26. The topological polar surface area (TPSA) is 30.2 Å². The van der Waals surface area contributed by atoms with Crippen LogP contribution >= 0.6 is 0 Å². The van der Waals surface area contributed by atoms with Crippen LogP contribution in [0.3, 0.4) is 0 Å². The molecular weight excluding hydrogens is 164 g/mol. The van der Waals surface area contributed by atoms with Crippen LogP contribution in [0.1, 0.15) is 16.1 Å². The SMILES string of the molecule is O=C1C=Cc2oc3ccccc3c21. The molecular formula is C11H6O2. The Kier molecular flexibility index (Phi) is 1.08. The van der Waals surface area contributed by atoms with Gasteiger partial charge < -0.3 is 4.42 Å². The molecule has 0 saturated heterocycles. The third kappa shape index (κ3) is 0.746. The van der Waals surface area contributed by atoms with Crippen molar-refractivity contribution in [3.05, 3.63) is 41.7 Å². The van der Waals surface area contributed by atoms with Gasteiger partial charge in [-0.3, -0.25) is 4.79 Å². The summed E-state index contributed by atoms with van der Waals surface area (Å²) >= 11 is 0. The predicted molar refractivity (Wildman–Crippen MR) is 49.6 cm³/mol. The zero-order valence-corrected chi connectivity index (χ0v) is 6.78.